The topological polar surface area (TPSA) is 20.2 Å². The summed E-state index contributed by atoms with van der Waals surface area (Å²) < 4.78 is 0. The van der Waals surface area contributed by atoms with E-state index in [1.54, 1.807) is 0 Å². The van der Waals surface area contributed by atoms with Crippen LogP contribution in [0.3, 0.4) is 0 Å². The normalized spacial score (nSPS) is 9.57. The van der Waals surface area contributed by atoms with Gasteiger partial charge in [-0.3, -0.25) is 0 Å². The second-order valence-corrected chi connectivity index (χ2v) is 4.76. The third-order valence-corrected chi connectivity index (χ3v) is 3.04. The summed E-state index contributed by atoms with van der Waals surface area (Å²) in [5.41, 5.74) is 2.59. The first-order chi connectivity index (χ1) is 12.5. The zero-order chi connectivity index (χ0) is 18.0. The van der Waals surface area contributed by atoms with Crippen molar-refractivity contribution < 1.29 is 51.6 Å². The fraction of sp³-hybridized carbons (Fsp3) is 0.0833. The number of hydrogen-bond acceptors (Lipinski definition) is 1. The molecule has 0 spiro atoms. The Morgan fingerprint density at radius 3 is 1.50 bits per heavy atom. The quantitative estimate of drug-likeness (QED) is 0.392. The van der Waals surface area contributed by atoms with Gasteiger partial charge in [0.25, 0.3) is 0 Å². The molecule has 1 N–H and O–H groups in total. The average Bonchev–Trinajstić information content (AvgIpc) is 3.29. The molecule has 4 rings (SSSR count). The summed E-state index contributed by atoms with van der Waals surface area (Å²) in [6, 6.07) is 36.3. The number of halogens is 2. The second kappa shape index (κ2) is 23.4. The molecule has 1 aliphatic carbocycles. The van der Waals surface area contributed by atoms with Gasteiger partial charge in [-0.05, 0) is 6.42 Å². The molecule has 0 unspecified atom stereocenters. The van der Waals surface area contributed by atoms with Gasteiger partial charge in [0.1, 0.15) is 0 Å². The molecule has 0 atom stereocenters. The second-order valence-electron chi connectivity index (χ2n) is 4.76. The molecule has 0 bridgehead atoms. The number of benzene rings is 3. The Bertz CT molecular complexity index is 618. The summed E-state index contributed by atoms with van der Waals surface area (Å²) in [5, 5.41) is 7.00. The first-order valence-corrected chi connectivity index (χ1v) is 8.06. The largest absolute Gasteiger partial charge is 2.00 e. The van der Waals surface area contributed by atoms with Crippen LogP contribution in [0.15, 0.2) is 103 Å². The first-order valence-electron chi connectivity index (χ1n) is 8.06. The summed E-state index contributed by atoms with van der Waals surface area (Å²) in [4.78, 5) is 0. The van der Waals surface area contributed by atoms with Crippen molar-refractivity contribution in [3.05, 3.63) is 127 Å². The van der Waals surface area contributed by atoms with Crippen molar-refractivity contribution >= 4 is 5.57 Å². The van der Waals surface area contributed by atoms with E-state index in [2.05, 4.69) is 42.5 Å². The van der Waals surface area contributed by atoms with Crippen LogP contribution in [-0.4, -0.2) is 12.2 Å². The predicted octanol–water partition coefficient (Wildman–Crippen LogP) is -0.582. The molecule has 1 aliphatic rings. The number of allylic oxidation sites excluding steroid dienone is 4. The molecule has 0 fully saturated rings. The average molecular weight is 446 g/mol. The number of aliphatic hydroxyl groups is 1. The van der Waals surface area contributed by atoms with E-state index in [0.717, 1.165) is 13.5 Å². The minimum Gasteiger partial charge on any atom is -1.00 e. The van der Waals surface area contributed by atoms with Crippen molar-refractivity contribution in [2.45, 2.75) is 6.42 Å². The molecule has 4 heteroatoms. The van der Waals surface area contributed by atoms with Crippen LogP contribution in [0.25, 0.3) is 5.57 Å². The number of rotatable bonds is 1. The van der Waals surface area contributed by atoms with Crippen LogP contribution < -0.4 is 24.8 Å². The van der Waals surface area contributed by atoms with E-state index in [-0.39, 0.29) is 46.5 Å². The Balaban J connectivity index is -0.000000322. The fourth-order valence-corrected chi connectivity index (χ4v) is 1.92. The van der Waals surface area contributed by atoms with Gasteiger partial charge in [-0.15, -0.1) is 47.5 Å². The molecule has 0 saturated heterocycles. The van der Waals surface area contributed by atoms with Crippen LogP contribution in [0.4, 0.5) is 0 Å². The fourth-order valence-electron chi connectivity index (χ4n) is 1.92. The van der Waals surface area contributed by atoms with E-state index in [0.29, 0.717) is 0 Å². The third-order valence-electron chi connectivity index (χ3n) is 3.04. The molecule has 0 amide bonds. The van der Waals surface area contributed by atoms with Crippen LogP contribution in [0.2, 0.25) is 0 Å². The molecular weight excluding hydrogens is 423 g/mol. The molecule has 3 aromatic carbocycles. The molecule has 146 valence electrons. The summed E-state index contributed by atoms with van der Waals surface area (Å²) in [7, 11) is 1.00. The minimum atomic E-state index is 0. The molecule has 0 saturated carbocycles. The van der Waals surface area contributed by atoms with Crippen LogP contribution in [-0.2, 0) is 21.7 Å². The summed E-state index contributed by atoms with van der Waals surface area (Å²) in [6.45, 7) is 0. The Morgan fingerprint density at radius 2 is 1.21 bits per heavy atom. The van der Waals surface area contributed by atoms with Gasteiger partial charge < -0.3 is 29.9 Å². The monoisotopic (exact) mass is 445 g/mol. The molecule has 0 aliphatic heterocycles. The Labute approximate surface area is 196 Å². The van der Waals surface area contributed by atoms with Gasteiger partial charge in [0.2, 0.25) is 0 Å². The summed E-state index contributed by atoms with van der Waals surface area (Å²) in [5.74, 6) is 0. The molecular formula is C24H23Cl2OTi-3. The van der Waals surface area contributed by atoms with E-state index in [1.165, 1.54) is 11.1 Å². The maximum Gasteiger partial charge on any atom is 2.00 e. The van der Waals surface area contributed by atoms with Crippen molar-refractivity contribution in [3.8, 4) is 0 Å². The standard InChI is InChI=1S/C11H9.2C6H5.CH4O.2ClH.Ti/c1-2-6-10(7-3-1)11-8-4-5-9-11;2*1-2-4-6-5-3-1;1-2;;;/h1-6,8H,9H2;2*1-5H;2H,1H3;2*1H;/q3*-1;;;;+2/p-2. The smallest absolute Gasteiger partial charge is 1.00 e. The van der Waals surface area contributed by atoms with Crippen molar-refractivity contribution in [3.63, 3.8) is 0 Å². The minimum absolute atomic E-state index is 0. The molecule has 28 heavy (non-hydrogen) atoms. The van der Waals surface area contributed by atoms with E-state index < -0.39 is 0 Å². The van der Waals surface area contributed by atoms with Gasteiger partial charge in [-0.2, -0.15) is 72.8 Å². The van der Waals surface area contributed by atoms with Gasteiger partial charge in [0, 0.05) is 7.11 Å². The van der Waals surface area contributed by atoms with E-state index in [1.807, 2.05) is 78.9 Å². The van der Waals surface area contributed by atoms with Gasteiger partial charge in [-0.25, -0.2) is 0 Å². The Morgan fingerprint density at radius 1 is 0.714 bits per heavy atom. The van der Waals surface area contributed by atoms with E-state index in [9.17, 15) is 0 Å². The first kappa shape index (κ1) is 31.1. The molecule has 0 aromatic heterocycles. The molecule has 0 heterocycles. The van der Waals surface area contributed by atoms with Crippen LogP contribution in [0.1, 0.15) is 12.0 Å². The summed E-state index contributed by atoms with van der Waals surface area (Å²) >= 11 is 0. The van der Waals surface area contributed by atoms with Gasteiger partial charge in [-0.1, -0.05) is 12.2 Å². The van der Waals surface area contributed by atoms with Crippen molar-refractivity contribution in [2.75, 3.05) is 7.11 Å². The maximum absolute atomic E-state index is 7.00. The van der Waals surface area contributed by atoms with Crippen LogP contribution in [0, 0.1) is 18.2 Å². The Hall–Kier alpha value is -1.61. The third kappa shape index (κ3) is 15.5. The van der Waals surface area contributed by atoms with Crippen LogP contribution >= 0.6 is 0 Å². The molecule has 3 aromatic rings. The molecule has 0 radical (unpaired) electrons. The molecule has 1 nitrogen and oxygen atoms in total. The van der Waals surface area contributed by atoms with E-state index in [4.69, 9.17) is 5.11 Å². The SMILES string of the molecule is CO.[Cl-].[Cl-].[Ti+2].[c-]1ccccc1.[c-]1ccccc1.[c-]1ccccc1C1=CC=CC1. The van der Waals surface area contributed by atoms with Gasteiger partial charge in [0.05, 0.1) is 0 Å². The predicted molar refractivity (Wildman–Crippen MR) is 106 cm³/mol. The number of aliphatic hydroxyl groups excluding tert-OH is 1. The van der Waals surface area contributed by atoms with E-state index >= 15 is 0 Å². The Kier molecular flexibility index (Phi) is 26.0. The van der Waals surface area contributed by atoms with Gasteiger partial charge in [0.15, 0.2) is 0 Å². The zero-order valence-corrected chi connectivity index (χ0v) is 18.8. The maximum atomic E-state index is 7.00. The number of hydrogen-bond donors (Lipinski definition) is 1. The zero-order valence-electron chi connectivity index (χ0n) is 15.7. The van der Waals surface area contributed by atoms with Crippen molar-refractivity contribution in [2.24, 2.45) is 0 Å². The summed E-state index contributed by atoms with van der Waals surface area (Å²) in [6.07, 6.45) is 7.46. The van der Waals surface area contributed by atoms with Crippen molar-refractivity contribution in [1.82, 2.24) is 0 Å². The van der Waals surface area contributed by atoms with Crippen molar-refractivity contribution in [1.29, 1.82) is 0 Å². The van der Waals surface area contributed by atoms with Crippen LogP contribution in [0.5, 0.6) is 0 Å². The van der Waals surface area contributed by atoms with Gasteiger partial charge >= 0.3 is 21.7 Å².